The van der Waals surface area contributed by atoms with Gasteiger partial charge in [-0.3, -0.25) is 9.59 Å². The van der Waals surface area contributed by atoms with E-state index in [1.165, 1.54) is 7.05 Å². The zero-order valence-electron chi connectivity index (χ0n) is 16.1. The number of nitrogens with one attached hydrogen (secondary N) is 1. The maximum Gasteiger partial charge on any atom is 0.408 e. The first kappa shape index (κ1) is 19.0. The van der Waals surface area contributed by atoms with Crippen LogP contribution in [0.2, 0.25) is 0 Å². The van der Waals surface area contributed by atoms with Crippen LogP contribution in [0.3, 0.4) is 0 Å². The number of amides is 2. The van der Waals surface area contributed by atoms with E-state index in [1.54, 1.807) is 0 Å². The number of benzene rings is 2. The van der Waals surface area contributed by atoms with Gasteiger partial charge in [0, 0.05) is 13.0 Å². The van der Waals surface area contributed by atoms with Crippen molar-refractivity contribution < 1.29 is 24.2 Å². The average molecular weight is 394 g/mol. The second-order valence-corrected chi connectivity index (χ2v) is 7.59. The number of rotatable bonds is 6. The van der Waals surface area contributed by atoms with E-state index in [4.69, 9.17) is 9.84 Å². The van der Waals surface area contributed by atoms with Crippen molar-refractivity contribution in [2.24, 2.45) is 0 Å². The van der Waals surface area contributed by atoms with Crippen LogP contribution in [0.1, 0.15) is 29.9 Å². The molecule has 7 heteroatoms. The van der Waals surface area contributed by atoms with Gasteiger partial charge in [-0.2, -0.15) is 0 Å². The number of hydrogen-bond donors (Lipinski definition) is 2. The van der Waals surface area contributed by atoms with E-state index in [1.807, 2.05) is 36.4 Å². The monoisotopic (exact) mass is 394 g/mol. The molecule has 4 rings (SSSR count). The number of carbonyl (C=O) groups excluding carboxylic acids is 2. The van der Waals surface area contributed by atoms with Crippen molar-refractivity contribution in [1.29, 1.82) is 0 Å². The first-order valence-electron chi connectivity index (χ1n) is 9.52. The predicted octanol–water partition coefficient (Wildman–Crippen LogP) is 2.60. The van der Waals surface area contributed by atoms with Crippen LogP contribution in [0.25, 0.3) is 11.1 Å². The van der Waals surface area contributed by atoms with Gasteiger partial charge in [0.15, 0.2) is 0 Å². The molecule has 0 aromatic heterocycles. The minimum absolute atomic E-state index is 0.0614. The van der Waals surface area contributed by atoms with Crippen LogP contribution in [0.15, 0.2) is 48.5 Å². The molecule has 0 heterocycles. The number of alkyl carbamates (subject to hydrolysis) is 1. The standard InChI is InChI=1S/C22H22N2O5/c1-24(12-19(25)26)20(27)22(10-11-22)23-21(28)29-13-18-16-8-4-2-6-14(16)15-7-3-5-9-17(15)18/h2-9,18H,10-13H2,1H3,(H,23,28)(H,25,26). The lowest BCUT2D eigenvalue weighted by Gasteiger charge is -2.23. The Morgan fingerprint density at radius 1 is 1.07 bits per heavy atom. The molecule has 0 aliphatic heterocycles. The number of hydrogen-bond acceptors (Lipinski definition) is 4. The number of nitrogens with zero attached hydrogens (tertiary/aromatic N) is 1. The minimum Gasteiger partial charge on any atom is -0.480 e. The molecule has 0 bridgehead atoms. The molecule has 7 nitrogen and oxygen atoms in total. The summed E-state index contributed by atoms with van der Waals surface area (Å²) in [6.45, 7) is -0.248. The number of fused-ring (bicyclic) bond motifs is 3. The average Bonchev–Trinajstić information content (AvgIpc) is 3.41. The van der Waals surface area contributed by atoms with Gasteiger partial charge in [-0.1, -0.05) is 48.5 Å². The maximum absolute atomic E-state index is 12.5. The Labute approximate surface area is 168 Å². The lowest BCUT2D eigenvalue weighted by Crippen LogP contribution is -2.50. The van der Waals surface area contributed by atoms with Gasteiger partial charge in [-0.25, -0.2) is 4.79 Å². The summed E-state index contributed by atoms with van der Waals surface area (Å²) in [6, 6.07) is 16.1. The number of likely N-dealkylation sites (N-methyl/N-ethyl adjacent to an activating group) is 1. The smallest absolute Gasteiger partial charge is 0.408 e. The molecule has 0 unspecified atom stereocenters. The van der Waals surface area contributed by atoms with Gasteiger partial charge in [0.25, 0.3) is 0 Å². The Balaban J connectivity index is 1.42. The molecule has 2 N–H and O–H groups in total. The SMILES string of the molecule is CN(CC(=O)O)C(=O)C1(NC(=O)OCC2c3ccccc3-c3ccccc32)CC1. The van der Waals surface area contributed by atoms with Gasteiger partial charge in [0.05, 0.1) is 0 Å². The summed E-state index contributed by atoms with van der Waals surface area (Å²) in [7, 11) is 1.41. The highest BCUT2D eigenvalue weighted by atomic mass is 16.5. The first-order valence-corrected chi connectivity index (χ1v) is 9.52. The molecule has 1 saturated carbocycles. The van der Waals surface area contributed by atoms with E-state index >= 15 is 0 Å². The van der Waals surface area contributed by atoms with Crippen LogP contribution in [0.4, 0.5) is 4.79 Å². The van der Waals surface area contributed by atoms with E-state index in [2.05, 4.69) is 17.4 Å². The van der Waals surface area contributed by atoms with Crippen LogP contribution in [-0.2, 0) is 14.3 Å². The van der Waals surface area contributed by atoms with Crippen molar-refractivity contribution in [3.63, 3.8) is 0 Å². The van der Waals surface area contributed by atoms with E-state index in [-0.39, 0.29) is 12.5 Å². The lowest BCUT2D eigenvalue weighted by atomic mass is 9.98. The third-order valence-corrected chi connectivity index (χ3v) is 5.56. The molecule has 2 aromatic carbocycles. The second kappa shape index (κ2) is 7.24. The molecule has 2 amide bonds. The fourth-order valence-electron chi connectivity index (χ4n) is 3.99. The summed E-state index contributed by atoms with van der Waals surface area (Å²) < 4.78 is 5.49. The second-order valence-electron chi connectivity index (χ2n) is 7.59. The van der Waals surface area contributed by atoms with Gasteiger partial charge in [0.1, 0.15) is 18.7 Å². The summed E-state index contributed by atoms with van der Waals surface area (Å²) in [6.07, 6.45) is 0.279. The van der Waals surface area contributed by atoms with Crippen molar-refractivity contribution >= 4 is 18.0 Å². The highest BCUT2D eigenvalue weighted by Gasteiger charge is 2.53. The number of carboxylic acids is 1. The molecular weight excluding hydrogens is 372 g/mol. The molecule has 29 heavy (non-hydrogen) atoms. The van der Waals surface area contributed by atoms with Crippen LogP contribution >= 0.6 is 0 Å². The van der Waals surface area contributed by atoms with Gasteiger partial charge >= 0.3 is 12.1 Å². The van der Waals surface area contributed by atoms with Crippen LogP contribution in [0.5, 0.6) is 0 Å². The normalized spacial score (nSPS) is 15.8. The third-order valence-electron chi connectivity index (χ3n) is 5.56. The van der Waals surface area contributed by atoms with E-state index in [9.17, 15) is 14.4 Å². The lowest BCUT2D eigenvalue weighted by molar-refractivity contribution is -0.144. The molecule has 2 aliphatic rings. The zero-order valence-corrected chi connectivity index (χ0v) is 16.1. The van der Waals surface area contributed by atoms with Crippen molar-refractivity contribution in [2.45, 2.75) is 24.3 Å². The van der Waals surface area contributed by atoms with E-state index < -0.39 is 30.1 Å². The number of carbonyl (C=O) groups is 3. The molecule has 0 saturated heterocycles. The molecule has 0 spiro atoms. The quantitative estimate of drug-likeness (QED) is 0.785. The summed E-state index contributed by atoms with van der Waals surface area (Å²) in [5.74, 6) is -1.57. The molecule has 1 fully saturated rings. The Bertz CT molecular complexity index is 937. The fourth-order valence-corrected chi connectivity index (χ4v) is 3.99. The molecule has 2 aliphatic carbocycles. The molecule has 0 atom stereocenters. The minimum atomic E-state index is -1.10. The third kappa shape index (κ3) is 3.55. The van der Waals surface area contributed by atoms with Crippen LogP contribution in [-0.4, -0.2) is 53.7 Å². The number of ether oxygens (including phenoxy) is 1. The topological polar surface area (TPSA) is 95.9 Å². The molecular formula is C22H22N2O5. The largest absolute Gasteiger partial charge is 0.480 e. The predicted molar refractivity (Wildman–Crippen MR) is 105 cm³/mol. The van der Waals surface area contributed by atoms with E-state index in [0.717, 1.165) is 27.2 Å². The number of aliphatic carboxylic acids is 1. The fraction of sp³-hybridized carbons (Fsp3) is 0.318. The van der Waals surface area contributed by atoms with Crippen molar-refractivity contribution in [3.05, 3.63) is 59.7 Å². The van der Waals surface area contributed by atoms with Gasteiger partial charge in [-0.15, -0.1) is 0 Å². The van der Waals surface area contributed by atoms with E-state index in [0.29, 0.717) is 12.8 Å². The Morgan fingerprint density at radius 2 is 1.62 bits per heavy atom. The Hall–Kier alpha value is -3.35. The number of carboxylic acid groups (broad SMARTS) is 1. The maximum atomic E-state index is 12.5. The van der Waals surface area contributed by atoms with Gasteiger partial charge in [0.2, 0.25) is 5.91 Å². The first-order chi connectivity index (χ1) is 13.9. The van der Waals surface area contributed by atoms with Crippen LogP contribution in [0, 0.1) is 0 Å². The Morgan fingerprint density at radius 3 is 2.14 bits per heavy atom. The Kier molecular flexibility index (Phi) is 4.74. The van der Waals surface area contributed by atoms with Crippen molar-refractivity contribution in [2.75, 3.05) is 20.2 Å². The highest BCUT2D eigenvalue weighted by Crippen LogP contribution is 2.44. The highest BCUT2D eigenvalue weighted by molar-refractivity contribution is 5.94. The van der Waals surface area contributed by atoms with Gasteiger partial charge in [-0.05, 0) is 35.1 Å². The summed E-state index contributed by atoms with van der Waals surface area (Å²) in [4.78, 5) is 36.8. The van der Waals surface area contributed by atoms with Gasteiger partial charge < -0.3 is 20.1 Å². The summed E-state index contributed by atoms with van der Waals surface area (Å²) in [5, 5.41) is 11.5. The molecule has 150 valence electrons. The zero-order chi connectivity index (χ0) is 20.6. The van der Waals surface area contributed by atoms with Crippen LogP contribution < -0.4 is 5.32 Å². The molecule has 2 aromatic rings. The van der Waals surface area contributed by atoms with Crippen molar-refractivity contribution in [1.82, 2.24) is 10.2 Å². The van der Waals surface area contributed by atoms with Crippen molar-refractivity contribution in [3.8, 4) is 11.1 Å². The summed E-state index contributed by atoms with van der Waals surface area (Å²) in [5.41, 5.74) is 3.45. The molecule has 0 radical (unpaired) electrons. The summed E-state index contributed by atoms with van der Waals surface area (Å²) >= 11 is 0.